The summed E-state index contributed by atoms with van der Waals surface area (Å²) in [6.07, 6.45) is -0.0949. The molecular weight excluding hydrogens is 314 g/mol. The van der Waals surface area contributed by atoms with E-state index in [-0.39, 0.29) is 13.1 Å². The van der Waals surface area contributed by atoms with Gasteiger partial charge in [0.05, 0.1) is 4.34 Å². The zero-order valence-electron chi connectivity index (χ0n) is 12.2. The summed E-state index contributed by atoms with van der Waals surface area (Å²) in [4.78, 5) is 25.8. The lowest BCUT2D eigenvalue weighted by Gasteiger charge is -2.46. The number of thiophene rings is 1. The highest BCUT2D eigenvalue weighted by Crippen LogP contribution is 2.37. The zero-order chi connectivity index (χ0) is 15.8. The molecule has 1 aromatic rings. The van der Waals surface area contributed by atoms with Gasteiger partial charge >= 0.3 is 12.1 Å². The summed E-state index contributed by atoms with van der Waals surface area (Å²) in [5, 5.41) is 9.48. The third kappa shape index (κ3) is 3.68. The average molecular weight is 332 g/mol. The third-order valence-corrected chi connectivity index (χ3v) is 4.47. The third-order valence-electron chi connectivity index (χ3n) is 3.23. The van der Waals surface area contributed by atoms with Crippen molar-refractivity contribution < 1.29 is 19.4 Å². The minimum absolute atomic E-state index is 0.159. The van der Waals surface area contributed by atoms with Gasteiger partial charge in [-0.25, -0.2) is 4.79 Å². The number of carbonyl (C=O) groups excluding carboxylic acids is 1. The van der Waals surface area contributed by atoms with Gasteiger partial charge in [0.15, 0.2) is 0 Å². The summed E-state index contributed by atoms with van der Waals surface area (Å²) in [5.41, 5.74) is -1.52. The molecule has 0 spiro atoms. The molecule has 1 N–H and O–H groups in total. The number of ether oxygens (including phenoxy) is 1. The van der Waals surface area contributed by atoms with Gasteiger partial charge in [-0.15, -0.1) is 11.3 Å². The zero-order valence-corrected chi connectivity index (χ0v) is 13.8. The Morgan fingerprint density at radius 1 is 1.43 bits per heavy atom. The van der Waals surface area contributed by atoms with Gasteiger partial charge < -0.3 is 14.7 Å². The highest BCUT2D eigenvalue weighted by atomic mass is 35.5. The fraction of sp³-hybridized carbons (Fsp3) is 0.571. The summed E-state index contributed by atoms with van der Waals surface area (Å²) in [6.45, 7) is 5.66. The first-order valence-corrected chi connectivity index (χ1v) is 7.76. The highest BCUT2D eigenvalue weighted by Gasteiger charge is 2.52. The Kier molecular flexibility index (Phi) is 4.22. The van der Waals surface area contributed by atoms with Crippen molar-refractivity contribution in [2.75, 3.05) is 13.1 Å². The monoisotopic (exact) mass is 331 g/mol. The summed E-state index contributed by atoms with van der Waals surface area (Å²) in [7, 11) is 0. The fourth-order valence-electron chi connectivity index (χ4n) is 2.24. The second-order valence-corrected chi connectivity index (χ2v) is 8.10. The number of amides is 1. The minimum Gasteiger partial charge on any atom is -0.481 e. The van der Waals surface area contributed by atoms with E-state index in [2.05, 4.69) is 0 Å². The summed E-state index contributed by atoms with van der Waals surface area (Å²) < 4.78 is 5.88. The molecule has 1 aliphatic heterocycles. The Morgan fingerprint density at radius 2 is 2.05 bits per heavy atom. The smallest absolute Gasteiger partial charge is 0.410 e. The molecule has 2 heterocycles. The van der Waals surface area contributed by atoms with Crippen molar-refractivity contribution in [1.82, 2.24) is 4.90 Å². The molecule has 0 bridgehead atoms. The average Bonchev–Trinajstić information content (AvgIpc) is 2.65. The quantitative estimate of drug-likeness (QED) is 0.923. The molecule has 21 heavy (non-hydrogen) atoms. The highest BCUT2D eigenvalue weighted by molar-refractivity contribution is 7.16. The Balaban J connectivity index is 2.01. The number of carbonyl (C=O) groups is 2. The van der Waals surface area contributed by atoms with Crippen molar-refractivity contribution >= 4 is 35.0 Å². The van der Waals surface area contributed by atoms with E-state index in [0.717, 1.165) is 4.88 Å². The number of rotatable bonds is 3. The number of hydrogen-bond acceptors (Lipinski definition) is 4. The molecule has 1 aliphatic rings. The van der Waals surface area contributed by atoms with Crippen LogP contribution >= 0.6 is 22.9 Å². The van der Waals surface area contributed by atoms with Crippen molar-refractivity contribution in [3.8, 4) is 0 Å². The Bertz CT molecular complexity index is 558. The van der Waals surface area contributed by atoms with Crippen LogP contribution in [-0.2, 0) is 16.0 Å². The molecule has 1 fully saturated rings. The Labute approximate surface area is 132 Å². The van der Waals surface area contributed by atoms with Gasteiger partial charge in [-0.1, -0.05) is 11.6 Å². The molecule has 1 amide bonds. The molecular formula is C14H18ClNO4S. The standard InChI is InChI=1S/C14H18ClNO4S/c1-13(2,3)20-12(19)16-7-14(8-16,11(17)18)6-9-4-5-10(15)21-9/h4-5H,6-8H2,1-3H3,(H,17,18). The summed E-state index contributed by atoms with van der Waals surface area (Å²) in [5.74, 6) is -0.896. The first-order valence-electron chi connectivity index (χ1n) is 6.57. The molecule has 0 radical (unpaired) electrons. The van der Waals surface area contributed by atoms with Crippen LogP contribution in [-0.4, -0.2) is 40.8 Å². The number of carboxylic acids is 1. The first kappa shape index (κ1) is 16.1. The maximum absolute atomic E-state index is 11.9. The second kappa shape index (κ2) is 5.50. The number of likely N-dealkylation sites (tertiary alicyclic amines) is 1. The van der Waals surface area contributed by atoms with Crippen LogP contribution in [0.25, 0.3) is 0 Å². The normalized spacial score (nSPS) is 17.2. The molecule has 1 saturated heterocycles. The van der Waals surface area contributed by atoms with E-state index in [1.54, 1.807) is 26.8 Å². The van der Waals surface area contributed by atoms with Crippen molar-refractivity contribution in [2.45, 2.75) is 32.8 Å². The van der Waals surface area contributed by atoms with Crippen molar-refractivity contribution in [1.29, 1.82) is 0 Å². The predicted molar refractivity (Wildman–Crippen MR) is 80.9 cm³/mol. The number of halogens is 1. The lowest BCUT2D eigenvalue weighted by molar-refractivity contribution is -0.159. The molecule has 5 nitrogen and oxygen atoms in total. The van der Waals surface area contributed by atoms with Crippen LogP contribution < -0.4 is 0 Å². The van der Waals surface area contributed by atoms with Crippen LogP contribution in [0.3, 0.4) is 0 Å². The van der Waals surface area contributed by atoms with Gasteiger partial charge in [0, 0.05) is 24.4 Å². The van der Waals surface area contributed by atoms with Gasteiger partial charge in [-0.2, -0.15) is 0 Å². The molecule has 0 saturated carbocycles. The SMILES string of the molecule is CC(C)(C)OC(=O)N1CC(Cc2ccc(Cl)s2)(C(=O)O)C1. The van der Waals surface area contributed by atoms with E-state index in [9.17, 15) is 14.7 Å². The minimum atomic E-state index is -0.939. The molecule has 0 unspecified atom stereocenters. The topological polar surface area (TPSA) is 66.8 Å². The van der Waals surface area contributed by atoms with Crippen LogP contribution in [0.2, 0.25) is 4.34 Å². The van der Waals surface area contributed by atoms with Crippen molar-refractivity contribution in [3.63, 3.8) is 0 Å². The molecule has 0 aromatic carbocycles. The molecule has 0 aliphatic carbocycles. The fourth-order valence-corrected chi connectivity index (χ4v) is 3.47. The van der Waals surface area contributed by atoms with Crippen LogP contribution in [0.1, 0.15) is 25.6 Å². The lowest BCUT2D eigenvalue weighted by atomic mass is 9.76. The molecule has 2 rings (SSSR count). The van der Waals surface area contributed by atoms with Gasteiger partial charge in [0.2, 0.25) is 0 Å². The molecule has 7 heteroatoms. The molecule has 1 aromatic heterocycles. The predicted octanol–water partition coefficient (Wildman–Crippen LogP) is 3.27. The number of nitrogens with zero attached hydrogens (tertiary/aromatic N) is 1. The van der Waals surface area contributed by atoms with Crippen LogP contribution in [0, 0.1) is 5.41 Å². The van der Waals surface area contributed by atoms with Gasteiger partial charge in [0.25, 0.3) is 0 Å². The Morgan fingerprint density at radius 3 is 2.48 bits per heavy atom. The number of aliphatic carboxylic acids is 1. The van der Waals surface area contributed by atoms with Gasteiger partial charge in [-0.05, 0) is 32.9 Å². The van der Waals surface area contributed by atoms with E-state index in [4.69, 9.17) is 16.3 Å². The van der Waals surface area contributed by atoms with E-state index in [1.807, 2.05) is 6.07 Å². The summed E-state index contributed by atoms with van der Waals surface area (Å²) >= 11 is 7.24. The van der Waals surface area contributed by atoms with Gasteiger partial charge in [-0.3, -0.25) is 4.79 Å². The summed E-state index contributed by atoms with van der Waals surface area (Å²) in [6, 6.07) is 3.58. The number of hydrogen-bond donors (Lipinski definition) is 1. The number of carboxylic acid groups (broad SMARTS) is 1. The first-order chi connectivity index (χ1) is 9.61. The van der Waals surface area contributed by atoms with Crippen LogP contribution in [0.15, 0.2) is 12.1 Å². The largest absolute Gasteiger partial charge is 0.481 e. The molecule has 0 atom stereocenters. The Hall–Kier alpha value is -1.27. The van der Waals surface area contributed by atoms with Crippen molar-refractivity contribution in [3.05, 3.63) is 21.3 Å². The van der Waals surface area contributed by atoms with Crippen LogP contribution in [0.4, 0.5) is 4.79 Å². The van der Waals surface area contributed by atoms with E-state index in [1.165, 1.54) is 16.2 Å². The van der Waals surface area contributed by atoms with Crippen LogP contribution in [0.5, 0.6) is 0 Å². The second-order valence-electron chi connectivity index (χ2n) is 6.30. The van der Waals surface area contributed by atoms with Crippen molar-refractivity contribution in [2.24, 2.45) is 5.41 Å². The maximum Gasteiger partial charge on any atom is 0.410 e. The van der Waals surface area contributed by atoms with E-state index < -0.39 is 23.1 Å². The van der Waals surface area contributed by atoms with E-state index in [0.29, 0.717) is 10.8 Å². The molecule has 116 valence electrons. The van der Waals surface area contributed by atoms with E-state index >= 15 is 0 Å². The lowest BCUT2D eigenvalue weighted by Crippen LogP contribution is -2.63. The van der Waals surface area contributed by atoms with Gasteiger partial charge in [0.1, 0.15) is 11.0 Å². The maximum atomic E-state index is 11.9.